The lowest BCUT2D eigenvalue weighted by Crippen LogP contribution is -2.22. The van der Waals surface area contributed by atoms with Gasteiger partial charge in [0, 0.05) is 19.5 Å². The molecule has 4 nitrogen and oxygen atoms in total. The van der Waals surface area contributed by atoms with Crippen LogP contribution in [0, 0.1) is 0 Å². The summed E-state index contributed by atoms with van der Waals surface area (Å²) in [6.07, 6.45) is 0. The summed E-state index contributed by atoms with van der Waals surface area (Å²) in [4.78, 5) is 22.9. The Kier molecular flexibility index (Phi) is 6.61. The predicted octanol–water partition coefficient (Wildman–Crippen LogP) is 4.01. The first kappa shape index (κ1) is 17.9. The lowest BCUT2D eigenvalue weighted by molar-refractivity contribution is -0.142. The molecule has 0 bridgehead atoms. The third-order valence-electron chi connectivity index (χ3n) is 2.72. The standard InChI is InChI=1S/C15H21BrO4Si/c1-11(17)20-10-12-7-13(9-14(16)8-12)15(18)19-5-6-21(2,3)4/h7-9H,5-6,10H2,1-4H3. The van der Waals surface area contributed by atoms with E-state index in [0.29, 0.717) is 12.2 Å². The zero-order valence-corrected chi connectivity index (χ0v) is 15.5. The number of halogens is 1. The van der Waals surface area contributed by atoms with E-state index in [1.807, 2.05) is 6.07 Å². The van der Waals surface area contributed by atoms with Crippen LogP contribution in [0.2, 0.25) is 25.7 Å². The second kappa shape index (κ2) is 7.75. The van der Waals surface area contributed by atoms with Crippen LogP contribution < -0.4 is 0 Å². The van der Waals surface area contributed by atoms with E-state index in [9.17, 15) is 9.59 Å². The highest BCUT2D eigenvalue weighted by Crippen LogP contribution is 2.18. The highest BCUT2D eigenvalue weighted by molar-refractivity contribution is 9.10. The molecule has 1 aromatic rings. The molecule has 0 saturated heterocycles. The molecule has 0 N–H and O–H groups in total. The lowest BCUT2D eigenvalue weighted by atomic mass is 10.1. The van der Waals surface area contributed by atoms with Crippen molar-refractivity contribution in [2.45, 2.75) is 39.2 Å². The van der Waals surface area contributed by atoms with Crippen molar-refractivity contribution in [3.63, 3.8) is 0 Å². The van der Waals surface area contributed by atoms with Gasteiger partial charge in [0.2, 0.25) is 0 Å². The molecule has 0 unspecified atom stereocenters. The number of carbonyl (C=O) groups is 2. The summed E-state index contributed by atoms with van der Waals surface area (Å²) in [6, 6.07) is 6.13. The SMILES string of the molecule is CC(=O)OCc1cc(Br)cc(C(=O)OCC[Si](C)(C)C)c1. The Morgan fingerprint density at radius 1 is 1.14 bits per heavy atom. The molecule has 21 heavy (non-hydrogen) atoms. The van der Waals surface area contributed by atoms with E-state index in [4.69, 9.17) is 9.47 Å². The molecular weight excluding hydrogens is 352 g/mol. The fourth-order valence-corrected chi connectivity index (χ4v) is 2.82. The normalized spacial score (nSPS) is 11.1. The Morgan fingerprint density at radius 3 is 2.38 bits per heavy atom. The molecule has 1 aromatic carbocycles. The van der Waals surface area contributed by atoms with E-state index < -0.39 is 8.07 Å². The average Bonchev–Trinajstić information content (AvgIpc) is 2.34. The van der Waals surface area contributed by atoms with Crippen LogP contribution in [0.3, 0.4) is 0 Å². The molecule has 6 heteroatoms. The van der Waals surface area contributed by atoms with Crippen molar-refractivity contribution < 1.29 is 19.1 Å². The van der Waals surface area contributed by atoms with Gasteiger partial charge in [0.15, 0.2) is 0 Å². The van der Waals surface area contributed by atoms with E-state index in [0.717, 1.165) is 16.1 Å². The molecule has 1 rings (SSSR count). The Hall–Kier alpha value is -1.14. The Labute approximate surface area is 135 Å². The summed E-state index contributed by atoms with van der Waals surface area (Å²) in [5.41, 5.74) is 1.21. The third-order valence-corrected chi connectivity index (χ3v) is 4.88. The molecule has 0 aliphatic rings. The first-order chi connectivity index (χ1) is 9.67. The monoisotopic (exact) mass is 372 g/mol. The number of hydrogen-bond acceptors (Lipinski definition) is 4. The molecular formula is C15H21BrO4Si. The summed E-state index contributed by atoms with van der Waals surface area (Å²) in [6.45, 7) is 8.64. The molecule has 0 aromatic heterocycles. The van der Waals surface area contributed by atoms with Crippen LogP contribution in [0.15, 0.2) is 22.7 Å². The average molecular weight is 373 g/mol. The maximum Gasteiger partial charge on any atom is 0.338 e. The minimum atomic E-state index is -1.22. The number of ether oxygens (including phenoxy) is 2. The lowest BCUT2D eigenvalue weighted by Gasteiger charge is -2.15. The van der Waals surface area contributed by atoms with Crippen molar-refractivity contribution in [3.8, 4) is 0 Å². The fourth-order valence-electron chi connectivity index (χ4n) is 1.57. The van der Waals surface area contributed by atoms with Crippen LogP contribution in [0.1, 0.15) is 22.8 Å². The molecule has 0 radical (unpaired) electrons. The summed E-state index contributed by atoms with van der Waals surface area (Å²) >= 11 is 3.35. The van der Waals surface area contributed by atoms with Gasteiger partial charge in [-0.2, -0.15) is 0 Å². The fraction of sp³-hybridized carbons (Fsp3) is 0.467. The smallest absolute Gasteiger partial charge is 0.338 e. The van der Waals surface area contributed by atoms with Crippen molar-refractivity contribution >= 4 is 35.9 Å². The van der Waals surface area contributed by atoms with Gasteiger partial charge in [-0.05, 0) is 29.8 Å². The van der Waals surface area contributed by atoms with Gasteiger partial charge in [-0.25, -0.2) is 4.79 Å². The molecule has 0 saturated carbocycles. The number of carbonyl (C=O) groups excluding carboxylic acids is 2. The largest absolute Gasteiger partial charge is 0.462 e. The van der Waals surface area contributed by atoms with E-state index in [1.165, 1.54) is 6.92 Å². The minimum absolute atomic E-state index is 0.143. The van der Waals surface area contributed by atoms with Gasteiger partial charge in [0.05, 0.1) is 12.2 Å². The Bertz CT molecular complexity index is 523. The topological polar surface area (TPSA) is 52.6 Å². The van der Waals surface area contributed by atoms with Gasteiger partial charge in [-0.15, -0.1) is 0 Å². The molecule has 0 aliphatic carbocycles. The summed E-state index contributed by atoms with van der Waals surface area (Å²) < 4.78 is 11.0. The van der Waals surface area contributed by atoms with Crippen LogP contribution in [-0.2, 0) is 20.9 Å². The second-order valence-corrected chi connectivity index (χ2v) is 12.6. The highest BCUT2D eigenvalue weighted by atomic mass is 79.9. The maximum absolute atomic E-state index is 12.0. The van der Waals surface area contributed by atoms with Crippen molar-refractivity contribution in [2.75, 3.05) is 6.61 Å². The van der Waals surface area contributed by atoms with Gasteiger partial charge >= 0.3 is 11.9 Å². The molecule has 116 valence electrons. The first-order valence-electron chi connectivity index (χ1n) is 6.77. The summed E-state index contributed by atoms with van der Waals surface area (Å²) in [5.74, 6) is -0.701. The van der Waals surface area contributed by atoms with Gasteiger partial charge in [-0.3, -0.25) is 4.79 Å². The second-order valence-electron chi connectivity index (χ2n) is 6.07. The zero-order chi connectivity index (χ0) is 16.0. The summed E-state index contributed by atoms with van der Waals surface area (Å²) in [7, 11) is -1.22. The predicted molar refractivity (Wildman–Crippen MR) is 88.0 cm³/mol. The number of benzene rings is 1. The number of hydrogen-bond donors (Lipinski definition) is 0. The highest BCUT2D eigenvalue weighted by Gasteiger charge is 2.15. The van der Waals surface area contributed by atoms with E-state index in [1.54, 1.807) is 12.1 Å². The Morgan fingerprint density at radius 2 is 1.81 bits per heavy atom. The van der Waals surface area contributed by atoms with Gasteiger partial charge in [-0.1, -0.05) is 35.6 Å². The summed E-state index contributed by atoms with van der Waals surface area (Å²) in [5, 5.41) is 0. The van der Waals surface area contributed by atoms with Crippen LogP contribution in [0.5, 0.6) is 0 Å². The molecule has 0 spiro atoms. The molecule has 0 aliphatic heterocycles. The molecule has 0 heterocycles. The van der Waals surface area contributed by atoms with Crippen LogP contribution in [0.4, 0.5) is 0 Å². The molecule has 0 atom stereocenters. The van der Waals surface area contributed by atoms with Crippen molar-refractivity contribution in [1.29, 1.82) is 0 Å². The van der Waals surface area contributed by atoms with E-state index in [2.05, 4.69) is 35.6 Å². The third kappa shape index (κ3) is 7.43. The number of esters is 2. The van der Waals surface area contributed by atoms with Crippen molar-refractivity contribution in [3.05, 3.63) is 33.8 Å². The molecule has 0 amide bonds. The maximum atomic E-state index is 12.0. The quantitative estimate of drug-likeness (QED) is 0.559. The van der Waals surface area contributed by atoms with Gasteiger partial charge in [0.25, 0.3) is 0 Å². The van der Waals surface area contributed by atoms with Gasteiger partial charge in [0.1, 0.15) is 6.61 Å². The van der Waals surface area contributed by atoms with Crippen LogP contribution in [-0.4, -0.2) is 26.6 Å². The molecule has 0 fully saturated rings. The van der Waals surface area contributed by atoms with Crippen LogP contribution >= 0.6 is 15.9 Å². The van der Waals surface area contributed by atoms with Gasteiger partial charge < -0.3 is 9.47 Å². The van der Waals surface area contributed by atoms with Crippen molar-refractivity contribution in [2.24, 2.45) is 0 Å². The van der Waals surface area contributed by atoms with Crippen LogP contribution in [0.25, 0.3) is 0 Å². The zero-order valence-electron chi connectivity index (χ0n) is 12.9. The van der Waals surface area contributed by atoms with E-state index >= 15 is 0 Å². The van der Waals surface area contributed by atoms with E-state index in [-0.39, 0.29) is 18.5 Å². The Balaban J connectivity index is 2.68. The van der Waals surface area contributed by atoms with Crippen molar-refractivity contribution in [1.82, 2.24) is 0 Å². The number of rotatable bonds is 6. The minimum Gasteiger partial charge on any atom is -0.462 e. The first-order valence-corrected chi connectivity index (χ1v) is 11.3.